The second-order valence-corrected chi connectivity index (χ2v) is 9.72. The molecule has 0 aliphatic heterocycles. The number of hydrogen-bond donors (Lipinski definition) is 0. The van der Waals surface area contributed by atoms with Crippen molar-refractivity contribution in [3.8, 4) is 45.8 Å². The van der Waals surface area contributed by atoms with E-state index in [0.29, 0.717) is 29.2 Å². The smallest absolute Gasteiger partial charge is 0.238 e. The van der Waals surface area contributed by atoms with Crippen LogP contribution in [0.1, 0.15) is 16.7 Å². The molecule has 0 N–H and O–H groups in total. The Labute approximate surface area is 241 Å². The van der Waals surface area contributed by atoms with Crippen LogP contribution >= 0.6 is 15.9 Å². The maximum Gasteiger partial charge on any atom is 0.238 e. The number of furan rings is 1. The van der Waals surface area contributed by atoms with Crippen molar-refractivity contribution in [2.24, 2.45) is 4.99 Å². The Morgan fingerprint density at radius 1 is 0.825 bits per heavy atom. The Balaban J connectivity index is 1.48. The van der Waals surface area contributed by atoms with Gasteiger partial charge in [-0.05, 0) is 77.4 Å². The molecular formula is C33H25BrN2O4. The van der Waals surface area contributed by atoms with Gasteiger partial charge < -0.3 is 18.6 Å². The third kappa shape index (κ3) is 6.09. The van der Waals surface area contributed by atoms with Gasteiger partial charge in [0.1, 0.15) is 41.2 Å². The molecule has 1 heterocycles. The van der Waals surface area contributed by atoms with Crippen molar-refractivity contribution < 1.29 is 18.6 Å². The summed E-state index contributed by atoms with van der Waals surface area (Å²) in [5.41, 5.74) is 4.49. The summed E-state index contributed by atoms with van der Waals surface area (Å²) in [5, 5.41) is 10.2. The van der Waals surface area contributed by atoms with Crippen molar-refractivity contribution >= 4 is 28.0 Å². The molecule has 0 radical (unpaired) electrons. The van der Waals surface area contributed by atoms with E-state index < -0.39 is 0 Å². The largest absolute Gasteiger partial charge is 0.497 e. The monoisotopic (exact) mass is 592 g/mol. The van der Waals surface area contributed by atoms with Crippen molar-refractivity contribution in [1.29, 1.82) is 5.26 Å². The number of aliphatic imine (C=N–C) groups is 1. The molecule has 0 bridgehead atoms. The molecule has 5 aromatic rings. The van der Waals surface area contributed by atoms with Gasteiger partial charge in [-0.1, -0.05) is 52.3 Å². The first kappa shape index (κ1) is 26.8. The molecule has 4 aromatic carbocycles. The summed E-state index contributed by atoms with van der Waals surface area (Å²) in [5.74, 6) is 2.92. The summed E-state index contributed by atoms with van der Waals surface area (Å²) in [6.45, 7) is 0.446. The van der Waals surface area contributed by atoms with Gasteiger partial charge in [0.15, 0.2) is 0 Å². The molecule has 0 spiro atoms. The van der Waals surface area contributed by atoms with E-state index in [1.165, 1.54) is 0 Å². The molecule has 0 unspecified atom stereocenters. The Morgan fingerprint density at radius 3 is 2.10 bits per heavy atom. The quantitative estimate of drug-likeness (QED) is 0.160. The van der Waals surface area contributed by atoms with Gasteiger partial charge in [0.25, 0.3) is 0 Å². The van der Waals surface area contributed by atoms with Gasteiger partial charge in [0.2, 0.25) is 5.88 Å². The van der Waals surface area contributed by atoms with E-state index in [4.69, 9.17) is 18.6 Å². The SMILES string of the molecule is COc1ccc(-c2oc(/N=C/c3cccc(OCc4ccc(Br)cc4)c3)c(C#N)c2-c2ccc(OC)cc2)cc1. The molecule has 0 aliphatic carbocycles. The van der Waals surface area contributed by atoms with Crippen LogP contribution in [-0.4, -0.2) is 20.4 Å². The summed E-state index contributed by atoms with van der Waals surface area (Å²) in [4.78, 5) is 4.59. The highest BCUT2D eigenvalue weighted by molar-refractivity contribution is 9.10. The van der Waals surface area contributed by atoms with Crippen molar-refractivity contribution in [1.82, 2.24) is 0 Å². The van der Waals surface area contributed by atoms with Crippen molar-refractivity contribution in [2.45, 2.75) is 6.61 Å². The Hall–Kier alpha value is -4.80. The molecule has 0 saturated carbocycles. The van der Waals surface area contributed by atoms with E-state index in [0.717, 1.165) is 38.2 Å². The molecule has 0 atom stereocenters. The molecule has 40 heavy (non-hydrogen) atoms. The Morgan fingerprint density at radius 2 is 1.48 bits per heavy atom. The molecule has 0 amide bonds. The van der Waals surface area contributed by atoms with E-state index in [1.807, 2.05) is 97.1 Å². The van der Waals surface area contributed by atoms with Gasteiger partial charge in [0, 0.05) is 21.8 Å². The van der Waals surface area contributed by atoms with Gasteiger partial charge in [-0.3, -0.25) is 0 Å². The highest BCUT2D eigenvalue weighted by Gasteiger charge is 2.23. The number of nitrogens with zero attached hydrogens (tertiary/aromatic N) is 2. The second-order valence-electron chi connectivity index (χ2n) is 8.80. The summed E-state index contributed by atoms with van der Waals surface area (Å²) >= 11 is 3.45. The number of halogens is 1. The van der Waals surface area contributed by atoms with Crippen molar-refractivity contribution in [3.05, 3.63) is 118 Å². The Kier molecular flexibility index (Phi) is 8.29. The van der Waals surface area contributed by atoms with Crippen LogP contribution in [-0.2, 0) is 6.61 Å². The molecule has 0 aliphatic rings. The predicted octanol–water partition coefficient (Wildman–Crippen LogP) is 8.59. The Bertz CT molecular complexity index is 1670. The number of nitriles is 1. The lowest BCUT2D eigenvalue weighted by Crippen LogP contribution is -1.95. The predicted molar refractivity (Wildman–Crippen MR) is 160 cm³/mol. The van der Waals surface area contributed by atoms with Crippen LogP contribution in [0.25, 0.3) is 22.5 Å². The van der Waals surface area contributed by atoms with Gasteiger partial charge in [-0.25, -0.2) is 4.99 Å². The fraction of sp³-hybridized carbons (Fsp3) is 0.0909. The van der Waals surface area contributed by atoms with Crippen LogP contribution in [0.15, 0.2) is 111 Å². The minimum atomic E-state index is 0.223. The fourth-order valence-electron chi connectivity index (χ4n) is 4.16. The van der Waals surface area contributed by atoms with Gasteiger partial charge >= 0.3 is 0 Å². The van der Waals surface area contributed by atoms with E-state index >= 15 is 0 Å². The molecule has 7 heteroatoms. The zero-order valence-corrected chi connectivity index (χ0v) is 23.5. The second kappa shape index (κ2) is 12.4. The van der Waals surface area contributed by atoms with Gasteiger partial charge in [-0.15, -0.1) is 0 Å². The van der Waals surface area contributed by atoms with E-state index in [9.17, 15) is 5.26 Å². The van der Waals surface area contributed by atoms with Gasteiger partial charge in [-0.2, -0.15) is 5.26 Å². The van der Waals surface area contributed by atoms with Crippen LogP contribution in [0.5, 0.6) is 17.2 Å². The van der Waals surface area contributed by atoms with Crippen LogP contribution in [0.3, 0.4) is 0 Å². The maximum atomic E-state index is 10.2. The normalized spacial score (nSPS) is 10.8. The first-order valence-electron chi connectivity index (χ1n) is 12.4. The van der Waals surface area contributed by atoms with Crippen LogP contribution in [0.4, 0.5) is 5.88 Å². The minimum absolute atomic E-state index is 0.223. The zero-order chi connectivity index (χ0) is 27.9. The van der Waals surface area contributed by atoms with E-state index in [1.54, 1.807) is 20.4 Å². The highest BCUT2D eigenvalue weighted by atomic mass is 79.9. The lowest BCUT2D eigenvalue weighted by molar-refractivity contribution is 0.306. The number of methoxy groups -OCH3 is 2. The molecule has 6 nitrogen and oxygen atoms in total. The van der Waals surface area contributed by atoms with Crippen molar-refractivity contribution in [2.75, 3.05) is 14.2 Å². The molecule has 198 valence electrons. The third-order valence-electron chi connectivity index (χ3n) is 6.24. The number of ether oxygens (including phenoxy) is 3. The number of rotatable bonds is 9. The average Bonchev–Trinajstić information content (AvgIpc) is 3.38. The van der Waals surface area contributed by atoms with Crippen LogP contribution in [0.2, 0.25) is 0 Å². The van der Waals surface area contributed by atoms with Crippen LogP contribution < -0.4 is 14.2 Å². The van der Waals surface area contributed by atoms with E-state index in [2.05, 4.69) is 27.0 Å². The molecule has 0 saturated heterocycles. The average molecular weight is 593 g/mol. The molecule has 1 aromatic heterocycles. The summed E-state index contributed by atoms with van der Waals surface area (Å²) in [6.07, 6.45) is 1.67. The number of hydrogen-bond acceptors (Lipinski definition) is 6. The fourth-order valence-corrected chi connectivity index (χ4v) is 4.42. The van der Waals surface area contributed by atoms with E-state index in [-0.39, 0.29) is 5.88 Å². The lowest BCUT2D eigenvalue weighted by atomic mass is 9.98. The third-order valence-corrected chi connectivity index (χ3v) is 6.77. The number of benzene rings is 4. The summed E-state index contributed by atoms with van der Waals surface area (Å²) < 4.78 is 23.9. The first-order valence-corrected chi connectivity index (χ1v) is 13.2. The molecule has 5 rings (SSSR count). The summed E-state index contributed by atoms with van der Waals surface area (Å²) in [6, 6.07) is 32.9. The maximum absolute atomic E-state index is 10.2. The van der Waals surface area contributed by atoms with Gasteiger partial charge in [0.05, 0.1) is 14.2 Å². The standard InChI is InChI=1S/C33H25BrN2O4/c1-37-27-14-8-24(9-15-27)31-30(19-35)33(40-32(31)25-10-16-28(38-2)17-11-25)36-20-23-4-3-5-29(18-23)39-21-22-6-12-26(34)13-7-22/h3-18,20H,21H2,1-2H3/b36-20+. The lowest BCUT2D eigenvalue weighted by Gasteiger charge is -2.07. The zero-order valence-electron chi connectivity index (χ0n) is 21.9. The topological polar surface area (TPSA) is 77.0 Å². The summed E-state index contributed by atoms with van der Waals surface area (Å²) in [7, 11) is 3.23. The minimum Gasteiger partial charge on any atom is -0.497 e. The molecule has 0 fully saturated rings. The van der Waals surface area contributed by atoms with Crippen molar-refractivity contribution in [3.63, 3.8) is 0 Å². The van der Waals surface area contributed by atoms with Crippen LogP contribution in [0, 0.1) is 11.3 Å². The molecular weight excluding hydrogens is 568 g/mol. The first-order chi connectivity index (χ1) is 19.6. The highest BCUT2D eigenvalue weighted by Crippen LogP contribution is 2.43.